The molecule has 0 amide bonds. The van der Waals surface area contributed by atoms with Gasteiger partial charge in [0.25, 0.3) is 0 Å². The first-order chi connectivity index (χ1) is 5.79. The molecule has 4 nitrogen and oxygen atoms in total. The normalized spacial score (nSPS) is 11.1. The third kappa shape index (κ3) is 0.984. The first-order valence-electron chi connectivity index (χ1n) is 3.35. The molecule has 0 aliphatic heterocycles. The number of thiol groups is 1. The molecule has 0 spiro atoms. The Hall–Kier alpha value is -1.36. The van der Waals surface area contributed by atoms with Gasteiger partial charge in [-0.15, -0.1) is 0 Å². The fourth-order valence-corrected chi connectivity index (χ4v) is 1.55. The molecule has 2 aromatic heterocycles. The van der Waals surface area contributed by atoms with Crippen LogP contribution < -0.4 is 0 Å². The molecular formula is C7H6N2O2S. The van der Waals surface area contributed by atoms with Gasteiger partial charge >= 0.3 is 0 Å². The maximum Gasteiger partial charge on any atom is 0.185 e. The topological polar surface area (TPSA) is 51.4 Å². The molecule has 0 bridgehead atoms. The van der Waals surface area contributed by atoms with Crippen molar-refractivity contribution in [3.05, 3.63) is 30.6 Å². The van der Waals surface area contributed by atoms with Crippen LogP contribution in [0, 0.1) is 0 Å². The zero-order valence-corrected chi connectivity index (χ0v) is 6.94. The fourth-order valence-electron chi connectivity index (χ4n) is 1.05. The third-order valence-corrected chi connectivity index (χ3v) is 2.29. The van der Waals surface area contributed by atoms with E-state index in [0.717, 1.165) is 0 Å². The lowest BCUT2D eigenvalue weighted by Crippen LogP contribution is -1.88. The first-order valence-corrected chi connectivity index (χ1v) is 4.53. The molecule has 0 saturated carbocycles. The van der Waals surface area contributed by atoms with E-state index in [1.807, 2.05) is 6.07 Å². The van der Waals surface area contributed by atoms with Crippen molar-refractivity contribution in [2.75, 3.05) is 0 Å². The first kappa shape index (κ1) is 7.30. The summed E-state index contributed by atoms with van der Waals surface area (Å²) in [6.07, 6.45) is 3.02. The Morgan fingerprint density at radius 1 is 1.33 bits per heavy atom. The van der Waals surface area contributed by atoms with Crippen LogP contribution in [0.25, 0.3) is 5.65 Å². The van der Waals surface area contributed by atoms with Crippen LogP contribution in [0.15, 0.2) is 35.6 Å². The Kier molecular flexibility index (Phi) is 1.58. The van der Waals surface area contributed by atoms with E-state index >= 15 is 0 Å². The van der Waals surface area contributed by atoms with E-state index in [-0.39, 0.29) is 5.03 Å². The Bertz CT molecular complexity index is 479. The highest BCUT2D eigenvalue weighted by atomic mass is 32.2. The van der Waals surface area contributed by atoms with Gasteiger partial charge in [0.2, 0.25) is 0 Å². The minimum Gasteiger partial charge on any atom is -0.291 e. The monoisotopic (exact) mass is 182 g/mol. The largest absolute Gasteiger partial charge is 0.291 e. The molecule has 0 radical (unpaired) electrons. The molecule has 5 heteroatoms. The van der Waals surface area contributed by atoms with E-state index in [1.165, 1.54) is 10.6 Å². The number of aromatic nitrogens is 2. The summed E-state index contributed by atoms with van der Waals surface area (Å²) in [6.45, 7) is 0. The summed E-state index contributed by atoms with van der Waals surface area (Å²) in [5, 5.41) is 0.223. The highest BCUT2D eigenvalue weighted by molar-refractivity contribution is 7.72. The van der Waals surface area contributed by atoms with Crippen molar-refractivity contribution in [1.82, 2.24) is 9.38 Å². The molecule has 0 N–H and O–H groups in total. The molecule has 2 rings (SSSR count). The fraction of sp³-hybridized carbons (Fsp3) is 0. The second-order valence-corrected chi connectivity index (χ2v) is 3.27. The zero-order chi connectivity index (χ0) is 8.55. The number of pyridine rings is 1. The van der Waals surface area contributed by atoms with Crippen molar-refractivity contribution in [2.45, 2.75) is 5.03 Å². The molecule has 2 aromatic rings. The van der Waals surface area contributed by atoms with Crippen LogP contribution in [0.1, 0.15) is 0 Å². The van der Waals surface area contributed by atoms with Crippen molar-refractivity contribution in [1.29, 1.82) is 0 Å². The summed E-state index contributed by atoms with van der Waals surface area (Å²) in [5.74, 6) is 0. The summed E-state index contributed by atoms with van der Waals surface area (Å²) in [4.78, 5) is 3.92. The number of hydrogen-bond donors (Lipinski definition) is 1. The molecule has 0 aliphatic rings. The average Bonchev–Trinajstić information content (AvgIpc) is 2.47. The van der Waals surface area contributed by atoms with Crippen LogP contribution in [0.5, 0.6) is 0 Å². The molecular weight excluding hydrogens is 176 g/mol. The lowest BCUT2D eigenvalue weighted by Gasteiger charge is -1.91. The molecule has 2 heterocycles. The van der Waals surface area contributed by atoms with Gasteiger partial charge in [0, 0.05) is 6.20 Å². The summed E-state index contributed by atoms with van der Waals surface area (Å²) < 4.78 is 22.8. The van der Waals surface area contributed by atoms with Gasteiger partial charge in [-0.3, -0.25) is 4.40 Å². The smallest absolute Gasteiger partial charge is 0.185 e. The maximum absolute atomic E-state index is 10.7. The summed E-state index contributed by atoms with van der Waals surface area (Å²) >= 11 is 0. The molecule has 0 aromatic carbocycles. The summed E-state index contributed by atoms with van der Waals surface area (Å²) in [6, 6.07) is 5.32. The third-order valence-electron chi connectivity index (χ3n) is 1.58. The van der Waals surface area contributed by atoms with Gasteiger partial charge in [-0.25, -0.2) is 13.4 Å². The predicted octanol–water partition coefficient (Wildman–Crippen LogP) is 0.305. The number of fused-ring (bicyclic) bond motifs is 1. The SMILES string of the molecule is O=[SH](=O)c1cnc2ccccn12. The molecule has 0 atom stereocenters. The Balaban J connectivity index is 2.87. The van der Waals surface area contributed by atoms with Crippen LogP contribution in [0.3, 0.4) is 0 Å². The molecule has 62 valence electrons. The van der Waals surface area contributed by atoms with Crippen LogP contribution >= 0.6 is 0 Å². The van der Waals surface area contributed by atoms with Gasteiger partial charge < -0.3 is 0 Å². The molecule has 0 unspecified atom stereocenters. The zero-order valence-electron chi connectivity index (χ0n) is 6.04. The second kappa shape index (κ2) is 2.60. The molecule has 0 fully saturated rings. The average molecular weight is 182 g/mol. The maximum atomic E-state index is 10.7. The number of nitrogens with zero attached hydrogens (tertiary/aromatic N) is 2. The minimum absolute atomic E-state index is 0.223. The lowest BCUT2D eigenvalue weighted by molar-refractivity contribution is 0.610. The van der Waals surface area contributed by atoms with Crippen molar-refractivity contribution >= 4 is 16.4 Å². The van der Waals surface area contributed by atoms with Gasteiger partial charge in [-0.2, -0.15) is 0 Å². The highest BCUT2D eigenvalue weighted by Gasteiger charge is 2.02. The van der Waals surface area contributed by atoms with Crippen molar-refractivity contribution < 1.29 is 8.42 Å². The van der Waals surface area contributed by atoms with Gasteiger partial charge in [-0.05, 0) is 12.1 Å². The standard InChI is InChI=1S/C7H6N2O2S/c10-12(11)7-5-8-6-3-1-2-4-9(6)7/h1-5,12H. The van der Waals surface area contributed by atoms with Gasteiger partial charge in [0.15, 0.2) is 15.7 Å². The lowest BCUT2D eigenvalue weighted by atomic mass is 10.5. The van der Waals surface area contributed by atoms with E-state index in [1.54, 1.807) is 18.3 Å². The van der Waals surface area contributed by atoms with Crippen molar-refractivity contribution in [2.24, 2.45) is 0 Å². The Morgan fingerprint density at radius 2 is 2.17 bits per heavy atom. The van der Waals surface area contributed by atoms with Crippen molar-refractivity contribution in [3.8, 4) is 0 Å². The number of rotatable bonds is 1. The van der Waals surface area contributed by atoms with Crippen LogP contribution in [-0.2, 0) is 10.7 Å². The van der Waals surface area contributed by atoms with E-state index in [0.29, 0.717) is 5.65 Å². The Labute approximate surface area is 70.4 Å². The van der Waals surface area contributed by atoms with E-state index in [4.69, 9.17) is 0 Å². The number of hydrogen-bond acceptors (Lipinski definition) is 3. The second-order valence-electron chi connectivity index (χ2n) is 2.30. The van der Waals surface area contributed by atoms with Crippen molar-refractivity contribution in [3.63, 3.8) is 0 Å². The van der Waals surface area contributed by atoms with E-state index in [9.17, 15) is 8.42 Å². The van der Waals surface area contributed by atoms with Crippen LogP contribution in [0.4, 0.5) is 0 Å². The van der Waals surface area contributed by atoms with E-state index in [2.05, 4.69) is 4.98 Å². The van der Waals surface area contributed by atoms with Crippen LogP contribution in [0.2, 0.25) is 0 Å². The van der Waals surface area contributed by atoms with Gasteiger partial charge in [0.1, 0.15) is 5.65 Å². The number of imidazole rings is 1. The molecule has 0 aliphatic carbocycles. The highest BCUT2D eigenvalue weighted by Crippen LogP contribution is 2.06. The van der Waals surface area contributed by atoms with E-state index < -0.39 is 10.7 Å². The van der Waals surface area contributed by atoms with Crippen LogP contribution in [-0.4, -0.2) is 17.8 Å². The molecule has 0 saturated heterocycles. The molecule has 12 heavy (non-hydrogen) atoms. The quantitative estimate of drug-likeness (QED) is 0.645. The van der Waals surface area contributed by atoms with Gasteiger partial charge in [0.05, 0.1) is 6.20 Å². The van der Waals surface area contributed by atoms with Gasteiger partial charge in [-0.1, -0.05) is 6.07 Å². The summed E-state index contributed by atoms with van der Waals surface area (Å²) in [7, 11) is -2.56. The summed E-state index contributed by atoms with van der Waals surface area (Å²) in [5.41, 5.74) is 0.645. The minimum atomic E-state index is -2.56. The Morgan fingerprint density at radius 3 is 2.92 bits per heavy atom. The predicted molar refractivity (Wildman–Crippen MR) is 43.8 cm³/mol.